The minimum absolute atomic E-state index is 0.0311. The van der Waals surface area contributed by atoms with Crippen LogP contribution in [0.2, 0.25) is 5.02 Å². The smallest absolute Gasteiger partial charge is 0.364 e. The topological polar surface area (TPSA) is 123 Å². The summed E-state index contributed by atoms with van der Waals surface area (Å²) in [5, 5.41) is 5.08. The molecule has 3 aromatic rings. The number of ether oxygens (including phenoxy) is 1. The minimum atomic E-state index is -4.60. The number of carbonyl (C=O) groups is 3. The van der Waals surface area contributed by atoms with Gasteiger partial charge in [-0.3, -0.25) is 14.4 Å². The second-order valence-electron chi connectivity index (χ2n) is 6.75. The number of nitrogens with zero attached hydrogens (tertiary/aromatic N) is 1. The van der Waals surface area contributed by atoms with Gasteiger partial charge in [-0.25, -0.2) is 4.98 Å². The molecule has 13 heteroatoms. The largest absolute Gasteiger partial charge is 0.416 e. The van der Waals surface area contributed by atoms with Crippen LogP contribution in [0, 0.1) is 0 Å². The number of benzene rings is 2. The molecule has 8 nitrogen and oxygen atoms in total. The highest BCUT2D eigenvalue weighted by Gasteiger charge is 2.31. The minimum Gasteiger partial charge on any atom is -0.364 e. The molecule has 1 aromatic heterocycles. The van der Waals surface area contributed by atoms with Crippen molar-refractivity contribution in [3.05, 3.63) is 80.3 Å². The average Bonchev–Trinajstić information content (AvgIpc) is 3.28. The Hall–Kier alpha value is -3.48. The van der Waals surface area contributed by atoms with Gasteiger partial charge >= 0.3 is 6.18 Å². The zero-order valence-electron chi connectivity index (χ0n) is 17.3. The molecule has 0 radical (unpaired) electrons. The summed E-state index contributed by atoms with van der Waals surface area (Å²) < 4.78 is 44.0. The summed E-state index contributed by atoms with van der Waals surface area (Å²) in [6.07, 6.45) is -4.25. The Kier molecular flexibility index (Phi) is 7.54. The number of hydrogen-bond acceptors (Lipinski definition) is 6. The van der Waals surface area contributed by atoms with Crippen molar-refractivity contribution in [2.24, 2.45) is 5.73 Å². The Morgan fingerprint density at radius 3 is 2.50 bits per heavy atom. The van der Waals surface area contributed by atoms with Crippen molar-refractivity contribution in [3.8, 4) is 0 Å². The zero-order chi connectivity index (χ0) is 25.0. The lowest BCUT2D eigenvalue weighted by atomic mass is 10.1. The summed E-state index contributed by atoms with van der Waals surface area (Å²) in [7, 11) is 1.32. The monoisotopic (exact) mass is 512 g/mol. The Balaban J connectivity index is 1.78. The molecule has 3 rings (SSSR count). The third-order valence-corrected chi connectivity index (χ3v) is 5.80. The highest BCUT2D eigenvalue weighted by atomic mass is 35.5. The Morgan fingerprint density at radius 1 is 1.15 bits per heavy atom. The van der Waals surface area contributed by atoms with Crippen LogP contribution < -0.4 is 16.4 Å². The summed E-state index contributed by atoms with van der Waals surface area (Å²) >= 11 is 7.06. The number of hydrogen-bond donors (Lipinski definition) is 3. The summed E-state index contributed by atoms with van der Waals surface area (Å²) in [6.45, 7) is 0. The van der Waals surface area contributed by atoms with Crippen molar-refractivity contribution in [2.45, 2.75) is 12.4 Å². The predicted molar refractivity (Wildman–Crippen MR) is 119 cm³/mol. The van der Waals surface area contributed by atoms with Crippen LogP contribution in [-0.4, -0.2) is 29.8 Å². The number of rotatable bonds is 7. The lowest BCUT2D eigenvalue weighted by Gasteiger charge is -2.16. The van der Waals surface area contributed by atoms with E-state index in [2.05, 4.69) is 15.6 Å². The quantitative estimate of drug-likeness (QED) is 0.408. The van der Waals surface area contributed by atoms with Crippen molar-refractivity contribution < 1.29 is 32.3 Å². The summed E-state index contributed by atoms with van der Waals surface area (Å²) in [5.74, 6) is -2.22. The molecule has 2 aromatic carbocycles. The van der Waals surface area contributed by atoms with Gasteiger partial charge in [0.2, 0.25) is 0 Å². The van der Waals surface area contributed by atoms with Crippen LogP contribution in [0.5, 0.6) is 0 Å². The van der Waals surface area contributed by atoms with Crippen molar-refractivity contribution >= 4 is 46.3 Å². The number of anilines is 1. The van der Waals surface area contributed by atoms with Crippen LogP contribution in [0.25, 0.3) is 0 Å². The molecule has 0 aliphatic heterocycles. The average molecular weight is 513 g/mol. The van der Waals surface area contributed by atoms with Gasteiger partial charge in [0.05, 0.1) is 21.0 Å². The summed E-state index contributed by atoms with van der Waals surface area (Å²) in [4.78, 5) is 40.7. The summed E-state index contributed by atoms with van der Waals surface area (Å²) in [6, 6.07) is 7.91. The van der Waals surface area contributed by atoms with E-state index in [1.807, 2.05) is 0 Å². The van der Waals surface area contributed by atoms with Crippen LogP contribution >= 0.6 is 22.9 Å². The molecule has 1 unspecified atom stereocenters. The fourth-order valence-corrected chi connectivity index (χ4v) is 3.78. The molecule has 178 valence electrons. The number of nitrogens with two attached hydrogens (primary N) is 1. The number of halogens is 4. The number of alkyl halides is 3. The first kappa shape index (κ1) is 25.1. The lowest BCUT2D eigenvalue weighted by Crippen LogP contribution is -2.29. The molecule has 0 spiro atoms. The molecule has 0 aliphatic carbocycles. The van der Waals surface area contributed by atoms with Gasteiger partial charge in [-0.1, -0.05) is 17.7 Å². The number of carbonyl (C=O) groups excluding carboxylic acids is 3. The highest BCUT2D eigenvalue weighted by Crippen LogP contribution is 2.30. The standard InChI is InChI=1S/C21H16ClF3N4O4S/c1-33-19(15-9-27-20(34-15)16(26)30)29-18(32)13-8-12(5-6-14(13)22)28-17(31)10-3-2-4-11(7-10)21(23,24)25/h2-9,19H,1H3,(H2,26,30)(H,28,31)(H,29,32). The summed E-state index contributed by atoms with van der Waals surface area (Å²) in [5.41, 5.74) is 4.08. The molecule has 3 amide bonds. The maximum absolute atomic E-state index is 12.9. The van der Waals surface area contributed by atoms with E-state index in [-0.39, 0.29) is 26.8 Å². The molecule has 0 saturated carbocycles. The van der Waals surface area contributed by atoms with Crippen LogP contribution in [0.15, 0.2) is 48.7 Å². The normalized spacial score (nSPS) is 12.1. The van der Waals surface area contributed by atoms with Gasteiger partial charge in [0.25, 0.3) is 17.7 Å². The Bertz CT molecular complexity index is 1250. The van der Waals surface area contributed by atoms with Gasteiger partial charge in [0.15, 0.2) is 11.2 Å². The first-order chi connectivity index (χ1) is 16.0. The van der Waals surface area contributed by atoms with Gasteiger partial charge in [0, 0.05) is 24.6 Å². The molecule has 1 heterocycles. The van der Waals surface area contributed by atoms with E-state index >= 15 is 0 Å². The third-order valence-electron chi connectivity index (χ3n) is 4.41. The SMILES string of the molecule is COC(NC(=O)c1cc(NC(=O)c2cccc(C(F)(F)F)c2)ccc1Cl)c1cnc(C(N)=O)s1. The first-order valence-corrected chi connectivity index (χ1v) is 10.6. The molecule has 0 fully saturated rings. The maximum Gasteiger partial charge on any atom is 0.416 e. The fourth-order valence-electron chi connectivity index (χ4n) is 2.78. The van der Waals surface area contributed by atoms with E-state index in [9.17, 15) is 27.6 Å². The van der Waals surface area contributed by atoms with E-state index in [1.54, 1.807) is 0 Å². The van der Waals surface area contributed by atoms with E-state index in [0.29, 0.717) is 4.88 Å². The van der Waals surface area contributed by atoms with Crippen LogP contribution in [0.1, 0.15) is 47.2 Å². The van der Waals surface area contributed by atoms with Gasteiger partial charge in [-0.2, -0.15) is 13.2 Å². The lowest BCUT2D eigenvalue weighted by molar-refractivity contribution is -0.137. The zero-order valence-corrected chi connectivity index (χ0v) is 18.8. The van der Waals surface area contributed by atoms with E-state index < -0.39 is 35.7 Å². The van der Waals surface area contributed by atoms with Crippen LogP contribution in [0.4, 0.5) is 18.9 Å². The second-order valence-corrected chi connectivity index (χ2v) is 8.22. The third kappa shape index (κ3) is 5.90. The first-order valence-electron chi connectivity index (χ1n) is 9.37. The molecular weight excluding hydrogens is 497 g/mol. The van der Waals surface area contributed by atoms with Crippen molar-refractivity contribution in [2.75, 3.05) is 12.4 Å². The van der Waals surface area contributed by atoms with Gasteiger partial charge in [0.1, 0.15) is 0 Å². The Labute approximate surface area is 199 Å². The molecule has 0 bridgehead atoms. The van der Waals surface area contributed by atoms with E-state index in [0.717, 1.165) is 29.5 Å². The van der Waals surface area contributed by atoms with Gasteiger partial charge in [-0.15, -0.1) is 11.3 Å². The molecule has 0 aliphatic rings. The molecule has 0 saturated heterocycles. The van der Waals surface area contributed by atoms with Gasteiger partial charge in [-0.05, 0) is 36.4 Å². The molecule has 4 N–H and O–H groups in total. The Morgan fingerprint density at radius 2 is 1.88 bits per heavy atom. The van der Waals surface area contributed by atoms with Crippen LogP contribution in [-0.2, 0) is 10.9 Å². The number of primary amides is 1. The molecule has 34 heavy (non-hydrogen) atoms. The number of nitrogens with one attached hydrogen (secondary N) is 2. The maximum atomic E-state index is 12.9. The van der Waals surface area contributed by atoms with Crippen LogP contribution in [0.3, 0.4) is 0 Å². The van der Waals surface area contributed by atoms with Crippen molar-refractivity contribution in [1.29, 1.82) is 0 Å². The van der Waals surface area contributed by atoms with E-state index in [1.165, 1.54) is 37.6 Å². The number of aromatic nitrogens is 1. The van der Waals surface area contributed by atoms with E-state index in [4.69, 9.17) is 22.1 Å². The van der Waals surface area contributed by atoms with Gasteiger partial charge < -0.3 is 21.1 Å². The highest BCUT2D eigenvalue weighted by molar-refractivity contribution is 7.13. The number of methoxy groups -OCH3 is 1. The predicted octanol–water partition coefficient (Wildman–Crippen LogP) is 4.24. The number of thiazole rings is 1. The molecular formula is C21H16ClF3N4O4S. The fraction of sp³-hybridized carbons (Fsp3) is 0.143. The number of amides is 3. The second kappa shape index (κ2) is 10.2. The van der Waals surface area contributed by atoms with Crippen molar-refractivity contribution in [1.82, 2.24) is 10.3 Å². The molecule has 1 atom stereocenters. The van der Waals surface area contributed by atoms with Crippen molar-refractivity contribution in [3.63, 3.8) is 0 Å².